The highest BCUT2D eigenvalue weighted by Gasteiger charge is 2.21. The van der Waals surface area contributed by atoms with E-state index in [0.29, 0.717) is 11.6 Å². The van der Waals surface area contributed by atoms with E-state index < -0.39 is 0 Å². The number of rotatable bonds is 1. The van der Waals surface area contributed by atoms with Gasteiger partial charge in [-0.3, -0.25) is 9.78 Å². The number of nitrogens with zero attached hydrogens (tertiary/aromatic N) is 2. The molecule has 2 heterocycles. The molecule has 0 N–H and O–H groups in total. The molecule has 2 aromatic carbocycles. The molecule has 1 aromatic heterocycles. The Balaban J connectivity index is 1.78. The van der Waals surface area contributed by atoms with Gasteiger partial charge in [0, 0.05) is 29.4 Å². The molecular weight excluding hydrogens is 344 g/mol. The summed E-state index contributed by atoms with van der Waals surface area (Å²) in [4.78, 5) is 18.6. The van der Waals surface area contributed by atoms with E-state index >= 15 is 0 Å². The first-order valence-corrected chi connectivity index (χ1v) is 9.09. The molecule has 3 aromatic rings. The summed E-state index contributed by atoms with van der Waals surface area (Å²) < 4.78 is 0. The van der Waals surface area contributed by atoms with Crippen LogP contribution >= 0.6 is 11.6 Å². The molecule has 0 saturated carbocycles. The Hall–Kier alpha value is -2.65. The summed E-state index contributed by atoms with van der Waals surface area (Å²) in [6.07, 6.45) is 3.58. The third-order valence-electron chi connectivity index (χ3n) is 4.87. The predicted molar refractivity (Wildman–Crippen MR) is 105 cm³/mol. The third-order valence-corrected chi connectivity index (χ3v) is 5.11. The van der Waals surface area contributed by atoms with Crippen molar-refractivity contribution < 1.29 is 4.79 Å². The molecule has 0 radical (unpaired) electrons. The van der Waals surface area contributed by atoms with Crippen LogP contribution in [-0.4, -0.2) is 10.9 Å². The van der Waals surface area contributed by atoms with Crippen LogP contribution in [0.3, 0.4) is 0 Å². The highest BCUT2D eigenvalue weighted by atomic mass is 35.5. The van der Waals surface area contributed by atoms with Gasteiger partial charge >= 0.3 is 0 Å². The van der Waals surface area contributed by atoms with Gasteiger partial charge in [0.15, 0.2) is 0 Å². The van der Waals surface area contributed by atoms with Gasteiger partial charge < -0.3 is 4.90 Å². The summed E-state index contributed by atoms with van der Waals surface area (Å²) >= 11 is 6.18. The number of pyridine rings is 1. The fraction of sp³-hybridized carbons (Fsp3) is 0.182. The number of anilines is 1. The Labute approximate surface area is 158 Å². The second kappa shape index (κ2) is 6.93. The van der Waals surface area contributed by atoms with Crippen molar-refractivity contribution in [2.24, 2.45) is 0 Å². The average molecular weight is 363 g/mol. The minimum absolute atomic E-state index is 0.0321. The Bertz CT molecular complexity index is 969. The standard InChI is InChI=1S/C22H19ClN2O/c1-15(26)25-14-19-12-17(21-4-2-3-11-24-21)7-5-16(19)6-8-18-13-20(23)9-10-22(18)25/h2-5,7,9-13H,6,8,14H2,1H3. The van der Waals surface area contributed by atoms with Crippen LogP contribution in [0.1, 0.15) is 23.6 Å². The summed E-state index contributed by atoms with van der Waals surface area (Å²) in [5.74, 6) is 0.0321. The molecule has 4 rings (SSSR count). The summed E-state index contributed by atoms with van der Waals surface area (Å²) in [6.45, 7) is 2.17. The molecule has 0 atom stereocenters. The lowest BCUT2D eigenvalue weighted by atomic mass is 9.93. The first kappa shape index (κ1) is 16.8. The van der Waals surface area contributed by atoms with Crippen molar-refractivity contribution in [3.8, 4) is 11.3 Å². The van der Waals surface area contributed by atoms with Crippen LogP contribution in [0.4, 0.5) is 5.69 Å². The minimum atomic E-state index is 0.0321. The molecule has 130 valence electrons. The van der Waals surface area contributed by atoms with Crippen molar-refractivity contribution in [3.63, 3.8) is 0 Å². The molecular formula is C22H19ClN2O. The molecule has 0 bridgehead atoms. The van der Waals surface area contributed by atoms with Crippen molar-refractivity contribution in [1.82, 2.24) is 4.98 Å². The molecule has 3 nitrogen and oxygen atoms in total. The first-order valence-electron chi connectivity index (χ1n) is 8.71. The second-order valence-electron chi connectivity index (χ2n) is 6.58. The first-order chi connectivity index (χ1) is 12.6. The van der Waals surface area contributed by atoms with E-state index in [1.54, 1.807) is 13.1 Å². The molecule has 1 amide bonds. The predicted octanol–water partition coefficient (Wildman–Crippen LogP) is 5.05. The van der Waals surface area contributed by atoms with Crippen LogP contribution in [-0.2, 0) is 24.2 Å². The van der Waals surface area contributed by atoms with Gasteiger partial charge in [0.25, 0.3) is 0 Å². The molecule has 0 aliphatic carbocycles. The van der Waals surface area contributed by atoms with Gasteiger partial charge in [0.1, 0.15) is 0 Å². The van der Waals surface area contributed by atoms with Gasteiger partial charge in [-0.2, -0.15) is 0 Å². The van der Waals surface area contributed by atoms with Crippen LogP contribution in [0.15, 0.2) is 60.8 Å². The van der Waals surface area contributed by atoms with E-state index in [2.05, 4.69) is 23.2 Å². The lowest BCUT2D eigenvalue weighted by Gasteiger charge is -2.28. The van der Waals surface area contributed by atoms with Crippen molar-refractivity contribution in [1.29, 1.82) is 0 Å². The Morgan fingerprint density at radius 1 is 1.00 bits per heavy atom. The lowest BCUT2D eigenvalue weighted by Crippen LogP contribution is -2.30. The number of aryl methyl sites for hydroxylation is 2. The van der Waals surface area contributed by atoms with E-state index in [4.69, 9.17) is 11.6 Å². The quantitative estimate of drug-likeness (QED) is 0.606. The molecule has 0 spiro atoms. The fourth-order valence-electron chi connectivity index (χ4n) is 3.53. The van der Waals surface area contributed by atoms with Crippen molar-refractivity contribution in [2.45, 2.75) is 26.3 Å². The van der Waals surface area contributed by atoms with Gasteiger partial charge in [0.2, 0.25) is 5.91 Å². The van der Waals surface area contributed by atoms with E-state index in [9.17, 15) is 4.79 Å². The monoisotopic (exact) mass is 362 g/mol. The van der Waals surface area contributed by atoms with Crippen molar-refractivity contribution in [2.75, 3.05) is 4.90 Å². The largest absolute Gasteiger partial charge is 0.308 e. The highest BCUT2D eigenvalue weighted by Crippen LogP contribution is 2.32. The fourth-order valence-corrected chi connectivity index (χ4v) is 3.73. The number of amides is 1. The number of carbonyl (C=O) groups is 1. The zero-order valence-corrected chi connectivity index (χ0v) is 15.3. The second-order valence-corrected chi connectivity index (χ2v) is 7.01. The maximum absolute atomic E-state index is 12.4. The minimum Gasteiger partial charge on any atom is -0.308 e. The maximum Gasteiger partial charge on any atom is 0.224 e. The summed E-state index contributed by atoms with van der Waals surface area (Å²) in [5, 5.41) is 0.707. The molecule has 1 aliphatic rings. The van der Waals surface area contributed by atoms with Crippen molar-refractivity contribution in [3.05, 3.63) is 82.5 Å². The zero-order chi connectivity index (χ0) is 18.1. The molecule has 0 saturated heterocycles. The number of benzene rings is 2. The Kier molecular flexibility index (Phi) is 4.48. The number of hydrogen-bond acceptors (Lipinski definition) is 2. The normalized spacial score (nSPS) is 13.4. The van der Waals surface area contributed by atoms with Crippen LogP contribution in [0.5, 0.6) is 0 Å². The lowest BCUT2D eigenvalue weighted by molar-refractivity contribution is -0.116. The highest BCUT2D eigenvalue weighted by molar-refractivity contribution is 6.30. The van der Waals surface area contributed by atoms with Gasteiger partial charge in [-0.1, -0.05) is 29.8 Å². The topological polar surface area (TPSA) is 33.2 Å². The smallest absolute Gasteiger partial charge is 0.224 e. The third kappa shape index (κ3) is 3.23. The van der Waals surface area contributed by atoms with Crippen LogP contribution in [0.25, 0.3) is 11.3 Å². The van der Waals surface area contributed by atoms with Crippen LogP contribution in [0, 0.1) is 0 Å². The van der Waals surface area contributed by atoms with E-state index in [1.165, 1.54) is 11.1 Å². The van der Waals surface area contributed by atoms with E-state index in [1.807, 2.05) is 41.3 Å². The molecule has 1 aliphatic heterocycles. The zero-order valence-electron chi connectivity index (χ0n) is 14.6. The summed E-state index contributed by atoms with van der Waals surface area (Å²) in [6, 6.07) is 18.1. The number of carbonyl (C=O) groups excluding carboxylic acids is 1. The Morgan fingerprint density at radius 3 is 2.62 bits per heavy atom. The molecule has 0 unspecified atom stereocenters. The summed E-state index contributed by atoms with van der Waals surface area (Å²) in [7, 11) is 0. The van der Waals surface area contributed by atoms with Gasteiger partial charge in [0.05, 0.1) is 12.2 Å². The molecule has 4 heteroatoms. The van der Waals surface area contributed by atoms with E-state index in [-0.39, 0.29) is 5.91 Å². The van der Waals surface area contributed by atoms with Crippen molar-refractivity contribution >= 4 is 23.2 Å². The SMILES string of the molecule is CC(=O)N1Cc2cc(-c3ccccn3)ccc2CCc2cc(Cl)ccc21. The molecule has 0 fully saturated rings. The molecule has 26 heavy (non-hydrogen) atoms. The van der Waals surface area contributed by atoms with Gasteiger partial charge in [-0.25, -0.2) is 0 Å². The number of halogens is 1. The summed E-state index contributed by atoms with van der Waals surface area (Å²) in [5.41, 5.74) is 6.53. The van der Waals surface area contributed by atoms with Gasteiger partial charge in [-0.05, 0) is 65.9 Å². The van der Waals surface area contributed by atoms with Crippen LogP contribution in [0.2, 0.25) is 5.02 Å². The maximum atomic E-state index is 12.4. The van der Waals surface area contributed by atoms with Crippen LogP contribution < -0.4 is 4.90 Å². The van der Waals surface area contributed by atoms with Gasteiger partial charge in [-0.15, -0.1) is 0 Å². The number of hydrogen-bond donors (Lipinski definition) is 0. The number of aromatic nitrogens is 1. The average Bonchev–Trinajstić information content (AvgIpc) is 2.64. The van der Waals surface area contributed by atoms with E-state index in [0.717, 1.165) is 35.3 Å². The Morgan fingerprint density at radius 2 is 1.85 bits per heavy atom. The number of fused-ring (bicyclic) bond motifs is 2.